The van der Waals surface area contributed by atoms with Crippen LogP contribution in [0.5, 0.6) is 11.5 Å². The summed E-state index contributed by atoms with van der Waals surface area (Å²) in [5.74, 6) is 0.463. The minimum absolute atomic E-state index is 0.0749. The van der Waals surface area contributed by atoms with Gasteiger partial charge in [-0.3, -0.25) is 5.43 Å². The van der Waals surface area contributed by atoms with E-state index in [0.717, 1.165) is 9.13 Å². The van der Waals surface area contributed by atoms with Crippen LogP contribution in [-0.2, 0) is 9.53 Å². The second-order valence-electron chi connectivity index (χ2n) is 3.63. The fourth-order valence-corrected chi connectivity index (χ4v) is 2.15. The van der Waals surface area contributed by atoms with Gasteiger partial charge in [0.15, 0.2) is 23.2 Å². The standard InChI is InChI=1S/C12H14IN3O4S/c1-18-9-4-7(5-15-16-12(14)21)3-8(13)11(9)20-6-10(17)19-2/h3-5H,6H2,1-2H3,(H3,14,16,21). The zero-order chi connectivity index (χ0) is 15.8. The number of halogens is 1. The maximum absolute atomic E-state index is 11.1. The fraction of sp³-hybridized carbons (Fsp3) is 0.250. The molecule has 0 atom stereocenters. The predicted molar refractivity (Wildman–Crippen MR) is 90.7 cm³/mol. The van der Waals surface area contributed by atoms with E-state index in [2.05, 4.69) is 50.1 Å². The molecule has 0 saturated carbocycles. The molecule has 3 N–H and O–H groups in total. The van der Waals surface area contributed by atoms with Gasteiger partial charge in [0.05, 0.1) is 24.0 Å². The van der Waals surface area contributed by atoms with Crippen molar-refractivity contribution in [2.24, 2.45) is 10.8 Å². The average Bonchev–Trinajstić information content (AvgIpc) is 2.44. The highest BCUT2D eigenvalue weighted by Gasteiger charge is 2.13. The van der Waals surface area contributed by atoms with Gasteiger partial charge in [0.1, 0.15) is 0 Å². The van der Waals surface area contributed by atoms with E-state index in [-0.39, 0.29) is 11.7 Å². The molecule has 9 heteroatoms. The largest absolute Gasteiger partial charge is 0.493 e. The Morgan fingerprint density at radius 3 is 2.81 bits per heavy atom. The molecule has 0 radical (unpaired) electrons. The third-order valence-electron chi connectivity index (χ3n) is 2.20. The van der Waals surface area contributed by atoms with E-state index in [1.165, 1.54) is 20.4 Å². The van der Waals surface area contributed by atoms with E-state index in [1.54, 1.807) is 12.1 Å². The molecule has 1 rings (SSSR count). The van der Waals surface area contributed by atoms with Crippen LogP contribution in [0.2, 0.25) is 0 Å². The van der Waals surface area contributed by atoms with Gasteiger partial charge in [-0.25, -0.2) is 4.79 Å². The van der Waals surface area contributed by atoms with E-state index < -0.39 is 5.97 Å². The monoisotopic (exact) mass is 423 g/mol. The fourth-order valence-electron chi connectivity index (χ4n) is 1.31. The van der Waals surface area contributed by atoms with Crippen LogP contribution in [0.3, 0.4) is 0 Å². The summed E-state index contributed by atoms with van der Waals surface area (Å²) in [6, 6.07) is 3.51. The number of esters is 1. The number of thiocarbonyl (C=S) groups is 1. The number of ether oxygens (including phenoxy) is 3. The number of benzene rings is 1. The van der Waals surface area contributed by atoms with Gasteiger partial charge in [-0.05, 0) is 52.5 Å². The first-order chi connectivity index (χ1) is 9.97. The Morgan fingerprint density at radius 2 is 2.24 bits per heavy atom. The molecule has 0 bridgehead atoms. The highest BCUT2D eigenvalue weighted by molar-refractivity contribution is 14.1. The summed E-state index contributed by atoms with van der Waals surface area (Å²) < 4.78 is 15.9. The predicted octanol–water partition coefficient (Wildman–Crippen LogP) is 1.02. The number of nitrogens with zero attached hydrogens (tertiary/aromatic N) is 1. The first kappa shape index (κ1) is 17.4. The van der Waals surface area contributed by atoms with E-state index in [4.69, 9.17) is 15.2 Å². The second-order valence-corrected chi connectivity index (χ2v) is 5.24. The molecule has 21 heavy (non-hydrogen) atoms. The number of nitrogens with two attached hydrogens (primary N) is 1. The third kappa shape index (κ3) is 5.71. The first-order valence-electron chi connectivity index (χ1n) is 5.63. The van der Waals surface area contributed by atoms with Gasteiger partial charge in [0.25, 0.3) is 0 Å². The molecule has 0 heterocycles. The Labute approximate surface area is 140 Å². The number of carbonyl (C=O) groups excluding carboxylic acids is 1. The van der Waals surface area contributed by atoms with Crippen molar-refractivity contribution in [3.05, 3.63) is 21.3 Å². The lowest BCUT2D eigenvalue weighted by atomic mass is 10.2. The SMILES string of the molecule is COC(=O)COc1c(I)cc(C=NNC(N)=S)cc1OC. The number of hydrazone groups is 1. The lowest BCUT2D eigenvalue weighted by Crippen LogP contribution is -2.24. The lowest BCUT2D eigenvalue weighted by Gasteiger charge is -2.12. The quantitative estimate of drug-likeness (QED) is 0.232. The number of nitrogens with one attached hydrogen (secondary N) is 1. The maximum atomic E-state index is 11.1. The number of hydrogen-bond acceptors (Lipinski definition) is 6. The number of carbonyl (C=O) groups is 1. The van der Waals surface area contributed by atoms with Crippen molar-refractivity contribution in [2.75, 3.05) is 20.8 Å². The van der Waals surface area contributed by atoms with Gasteiger partial charge < -0.3 is 19.9 Å². The van der Waals surface area contributed by atoms with Crippen LogP contribution in [0.15, 0.2) is 17.2 Å². The molecule has 0 aliphatic rings. The van der Waals surface area contributed by atoms with Crippen molar-refractivity contribution in [3.63, 3.8) is 0 Å². The van der Waals surface area contributed by atoms with Crippen molar-refractivity contribution in [1.29, 1.82) is 0 Å². The molecule has 0 unspecified atom stereocenters. The molecule has 0 amide bonds. The highest BCUT2D eigenvalue weighted by atomic mass is 127. The van der Waals surface area contributed by atoms with Gasteiger partial charge in [0.2, 0.25) is 0 Å². The molecule has 0 aromatic heterocycles. The van der Waals surface area contributed by atoms with Crippen molar-refractivity contribution in [1.82, 2.24) is 5.43 Å². The topological polar surface area (TPSA) is 95.2 Å². The number of hydrogen-bond donors (Lipinski definition) is 2. The average molecular weight is 423 g/mol. The molecule has 0 aliphatic heterocycles. The molecule has 0 spiro atoms. The van der Waals surface area contributed by atoms with Gasteiger partial charge in [0, 0.05) is 0 Å². The van der Waals surface area contributed by atoms with Crippen molar-refractivity contribution in [2.45, 2.75) is 0 Å². The zero-order valence-corrected chi connectivity index (χ0v) is 14.4. The van der Waals surface area contributed by atoms with E-state index >= 15 is 0 Å². The van der Waals surface area contributed by atoms with Crippen LogP contribution in [0, 0.1) is 3.57 Å². The van der Waals surface area contributed by atoms with Crippen LogP contribution in [0.1, 0.15) is 5.56 Å². The molecule has 114 valence electrons. The zero-order valence-electron chi connectivity index (χ0n) is 11.4. The van der Waals surface area contributed by atoms with Crippen LogP contribution in [0.4, 0.5) is 0 Å². The Bertz CT molecular complexity index is 566. The molecular formula is C12H14IN3O4S. The number of rotatable bonds is 6. The van der Waals surface area contributed by atoms with Crippen molar-refractivity contribution >= 4 is 52.1 Å². The Morgan fingerprint density at radius 1 is 1.52 bits per heavy atom. The first-order valence-corrected chi connectivity index (χ1v) is 7.12. The molecule has 1 aromatic carbocycles. The van der Waals surface area contributed by atoms with E-state index in [1.807, 2.05) is 0 Å². The summed E-state index contributed by atoms with van der Waals surface area (Å²) in [6.07, 6.45) is 1.54. The van der Waals surface area contributed by atoms with Crippen molar-refractivity contribution < 1.29 is 19.0 Å². The minimum atomic E-state index is -0.473. The van der Waals surface area contributed by atoms with Gasteiger partial charge in [-0.2, -0.15) is 5.10 Å². The second kappa shape index (κ2) is 8.62. The number of methoxy groups -OCH3 is 2. The Balaban J connectivity index is 2.93. The smallest absolute Gasteiger partial charge is 0.343 e. The van der Waals surface area contributed by atoms with Crippen LogP contribution < -0.4 is 20.6 Å². The summed E-state index contributed by atoms with van der Waals surface area (Å²) in [6.45, 7) is -0.195. The summed E-state index contributed by atoms with van der Waals surface area (Å²) in [7, 11) is 2.80. The maximum Gasteiger partial charge on any atom is 0.343 e. The summed E-state index contributed by atoms with van der Waals surface area (Å²) >= 11 is 6.71. The minimum Gasteiger partial charge on any atom is -0.493 e. The molecule has 1 aromatic rings. The van der Waals surface area contributed by atoms with Crippen LogP contribution >= 0.6 is 34.8 Å². The third-order valence-corrected chi connectivity index (χ3v) is 3.09. The van der Waals surface area contributed by atoms with Gasteiger partial charge in [-0.15, -0.1) is 0 Å². The Hall–Kier alpha value is -1.62. The molecule has 7 nitrogen and oxygen atoms in total. The summed E-state index contributed by atoms with van der Waals surface area (Å²) in [4.78, 5) is 11.1. The highest BCUT2D eigenvalue weighted by Crippen LogP contribution is 2.33. The molecule has 0 saturated heterocycles. The van der Waals surface area contributed by atoms with Gasteiger partial charge >= 0.3 is 5.97 Å². The summed E-state index contributed by atoms with van der Waals surface area (Å²) in [5.41, 5.74) is 8.48. The molecule has 0 aliphatic carbocycles. The van der Waals surface area contributed by atoms with Crippen LogP contribution in [0.25, 0.3) is 0 Å². The van der Waals surface area contributed by atoms with Gasteiger partial charge in [-0.1, -0.05) is 0 Å². The lowest BCUT2D eigenvalue weighted by molar-refractivity contribution is -0.142. The van der Waals surface area contributed by atoms with Crippen LogP contribution in [-0.4, -0.2) is 38.1 Å². The molecular weight excluding hydrogens is 409 g/mol. The van der Waals surface area contributed by atoms with Crippen molar-refractivity contribution in [3.8, 4) is 11.5 Å². The van der Waals surface area contributed by atoms with E-state index in [9.17, 15) is 4.79 Å². The molecule has 0 fully saturated rings. The van der Waals surface area contributed by atoms with E-state index in [0.29, 0.717) is 11.5 Å². The summed E-state index contributed by atoms with van der Waals surface area (Å²) in [5, 5.41) is 3.93. The Kier molecular flexibility index (Phi) is 7.15. The normalized spacial score (nSPS) is 10.2.